The highest BCUT2D eigenvalue weighted by molar-refractivity contribution is 7.08. The molecule has 180 valence electrons. The number of amides is 2. The second-order valence-electron chi connectivity index (χ2n) is 10.0. The van der Waals surface area contributed by atoms with Crippen LogP contribution in [0.25, 0.3) is 11.0 Å². The van der Waals surface area contributed by atoms with Gasteiger partial charge in [-0.05, 0) is 97.8 Å². The fourth-order valence-electron chi connectivity index (χ4n) is 4.67. The van der Waals surface area contributed by atoms with Crippen molar-refractivity contribution in [2.75, 3.05) is 4.90 Å². The van der Waals surface area contributed by atoms with Gasteiger partial charge in [0.15, 0.2) is 0 Å². The molecule has 0 aliphatic heterocycles. The van der Waals surface area contributed by atoms with Crippen molar-refractivity contribution in [3.8, 4) is 0 Å². The first-order valence-corrected chi connectivity index (χ1v) is 12.8. The third-order valence-electron chi connectivity index (χ3n) is 6.20. The number of rotatable bonds is 6. The van der Waals surface area contributed by atoms with E-state index in [1.807, 2.05) is 67.9 Å². The quantitative estimate of drug-likeness (QED) is 0.429. The molecule has 0 unspecified atom stereocenters. The van der Waals surface area contributed by atoms with E-state index in [0.717, 1.165) is 41.5 Å². The number of para-hydroxylation sites is 1. The number of fused-ring (bicyclic) bond motifs is 2. The molecule has 0 spiro atoms. The second kappa shape index (κ2) is 9.26. The smallest absolute Gasteiger partial charge is 0.249 e. The van der Waals surface area contributed by atoms with Crippen LogP contribution in [-0.2, 0) is 29.0 Å². The molecule has 8 heteroatoms. The van der Waals surface area contributed by atoms with Crippen molar-refractivity contribution in [1.82, 2.24) is 20.3 Å². The summed E-state index contributed by atoms with van der Waals surface area (Å²) in [5, 5.41) is 15.4. The molecular weight excluding hydrogens is 458 g/mol. The average Bonchev–Trinajstić information content (AvgIpc) is 3.57. The van der Waals surface area contributed by atoms with Crippen molar-refractivity contribution in [1.29, 1.82) is 0 Å². The normalized spacial score (nSPS) is 14.0. The molecule has 0 saturated heterocycles. The van der Waals surface area contributed by atoms with Crippen molar-refractivity contribution < 1.29 is 9.59 Å². The maximum absolute atomic E-state index is 14.0. The number of carbonyl (C=O) groups is 2. The summed E-state index contributed by atoms with van der Waals surface area (Å²) in [6.07, 6.45) is 3.14. The third kappa shape index (κ3) is 4.84. The SMILES string of the molecule is CC(C)(C)NC(=O)[C@@H](c1ccsc1)N(C(=O)Cn1nnc2ccccc21)c1ccc2c(c1)CCC2. The Morgan fingerprint density at radius 1 is 1.11 bits per heavy atom. The van der Waals surface area contributed by atoms with Gasteiger partial charge in [-0.1, -0.05) is 23.4 Å². The van der Waals surface area contributed by atoms with E-state index in [1.165, 1.54) is 22.5 Å². The molecule has 1 atom stereocenters. The highest BCUT2D eigenvalue weighted by Gasteiger charge is 2.35. The molecule has 0 bridgehead atoms. The molecule has 35 heavy (non-hydrogen) atoms. The van der Waals surface area contributed by atoms with Crippen molar-refractivity contribution >= 4 is 39.9 Å². The summed E-state index contributed by atoms with van der Waals surface area (Å²) in [6.45, 7) is 5.80. The molecule has 5 rings (SSSR count). The van der Waals surface area contributed by atoms with Gasteiger partial charge in [0, 0.05) is 11.2 Å². The number of aryl methyl sites for hydroxylation is 2. The lowest BCUT2D eigenvalue weighted by molar-refractivity contribution is -0.128. The Bertz CT molecular complexity index is 1370. The average molecular weight is 488 g/mol. The predicted molar refractivity (Wildman–Crippen MR) is 138 cm³/mol. The van der Waals surface area contributed by atoms with Crippen LogP contribution < -0.4 is 10.2 Å². The van der Waals surface area contributed by atoms with Gasteiger partial charge >= 0.3 is 0 Å². The van der Waals surface area contributed by atoms with Gasteiger partial charge in [-0.3, -0.25) is 14.5 Å². The summed E-state index contributed by atoms with van der Waals surface area (Å²) in [6, 6.07) is 14.8. The number of anilines is 1. The lowest BCUT2D eigenvalue weighted by Gasteiger charge is -2.33. The van der Waals surface area contributed by atoms with Crippen molar-refractivity contribution in [2.24, 2.45) is 0 Å². The molecule has 1 aliphatic rings. The van der Waals surface area contributed by atoms with Gasteiger partial charge < -0.3 is 5.32 Å². The summed E-state index contributed by atoms with van der Waals surface area (Å²) in [4.78, 5) is 29.3. The lowest BCUT2D eigenvalue weighted by Crippen LogP contribution is -2.50. The monoisotopic (exact) mass is 487 g/mol. The van der Waals surface area contributed by atoms with Crippen molar-refractivity contribution in [3.63, 3.8) is 0 Å². The summed E-state index contributed by atoms with van der Waals surface area (Å²) in [7, 11) is 0. The van der Waals surface area contributed by atoms with Crippen LogP contribution in [0.3, 0.4) is 0 Å². The van der Waals surface area contributed by atoms with Crippen LogP contribution in [0.1, 0.15) is 49.9 Å². The molecule has 2 amide bonds. The van der Waals surface area contributed by atoms with Crippen LogP contribution in [-0.4, -0.2) is 32.3 Å². The Morgan fingerprint density at radius 3 is 2.69 bits per heavy atom. The highest BCUT2D eigenvalue weighted by atomic mass is 32.1. The first-order valence-electron chi connectivity index (χ1n) is 11.9. The summed E-state index contributed by atoms with van der Waals surface area (Å²) >= 11 is 1.51. The van der Waals surface area contributed by atoms with E-state index in [2.05, 4.69) is 27.8 Å². The van der Waals surface area contributed by atoms with Crippen LogP contribution >= 0.6 is 11.3 Å². The van der Waals surface area contributed by atoms with Gasteiger partial charge in [-0.25, -0.2) is 4.68 Å². The molecular formula is C27H29N5O2S. The standard InChI is InChI=1S/C27H29N5O2S/c1-27(2,3)28-26(34)25(20-13-14-35-17-20)32(21-12-11-18-7-6-8-19(18)15-21)24(33)16-31-23-10-5-4-9-22(23)29-30-31/h4-5,9-15,17,25H,6-8,16H2,1-3H3,(H,28,34)/t25-/m1/s1. The van der Waals surface area contributed by atoms with Crippen LogP contribution in [0.5, 0.6) is 0 Å². The largest absolute Gasteiger partial charge is 0.349 e. The topological polar surface area (TPSA) is 80.1 Å². The fraction of sp³-hybridized carbons (Fsp3) is 0.333. The molecule has 0 fully saturated rings. The van der Waals surface area contributed by atoms with E-state index in [9.17, 15) is 9.59 Å². The summed E-state index contributed by atoms with van der Waals surface area (Å²) in [5.41, 5.74) is 5.13. The Hall–Kier alpha value is -3.52. The second-order valence-corrected chi connectivity index (χ2v) is 10.8. The van der Waals surface area contributed by atoms with Gasteiger partial charge in [-0.2, -0.15) is 11.3 Å². The molecule has 2 aromatic carbocycles. The van der Waals surface area contributed by atoms with Gasteiger partial charge in [0.1, 0.15) is 18.1 Å². The van der Waals surface area contributed by atoms with Crippen LogP contribution in [0.4, 0.5) is 5.69 Å². The van der Waals surface area contributed by atoms with Gasteiger partial charge in [0.2, 0.25) is 11.8 Å². The van der Waals surface area contributed by atoms with E-state index in [0.29, 0.717) is 0 Å². The molecule has 4 aromatic rings. The molecule has 1 aliphatic carbocycles. The maximum Gasteiger partial charge on any atom is 0.249 e. The predicted octanol–water partition coefficient (Wildman–Crippen LogP) is 4.67. The van der Waals surface area contributed by atoms with Crippen molar-refractivity contribution in [2.45, 2.75) is 58.2 Å². The van der Waals surface area contributed by atoms with E-state index in [1.54, 1.807) is 9.58 Å². The Labute approximate surface area is 208 Å². The number of nitrogens with zero attached hydrogens (tertiary/aromatic N) is 4. The van der Waals surface area contributed by atoms with Gasteiger partial charge in [0.05, 0.1) is 5.52 Å². The highest BCUT2D eigenvalue weighted by Crippen LogP contribution is 2.33. The first-order chi connectivity index (χ1) is 16.8. The number of aromatic nitrogens is 3. The molecule has 7 nitrogen and oxygen atoms in total. The number of hydrogen-bond donors (Lipinski definition) is 1. The van der Waals surface area contributed by atoms with Crippen LogP contribution in [0, 0.1) is 0 Å². The molecule has 1 N–H and O–H groups in total. The van der Waals surface area contributed by atoms with Crippen molar-refractivity contribution in [3.05, 3.63) is 76.0 Å². The van der Waals surface area contributed by atoms with Crippen LogP contribution in [0.15, 0.2) is 59.3 Å². The minimum Gasteiger partial charge on any atom is -0.349 e. The third-order valence-corrected chi connectivity index (χ3v) is 6.90. The molecule has 0 saturated carbocycles. The maximum atomic E-state index is 14.0. The zero-order valence-electron chi connectivity index (χ0n) is 20.2. The van der Waals surface area contributed by atoms with E-state index in [-0.39, 0.29) is 18.4 Å². The Balaban J connectivity index is 1.59. The number of carbonyl (C=O) groups excluding carboxylic acids is 2. The van der Waals surface area contributed by atoms with Crippen LogP contribution in [0.2, 0.25) is 0 Å². The Morgan fingerprint density at radius 2 is 1.91 bits per heavy atom. The molecule has 2 aromatic heterocycles. The lowest BCUT2D eigenvalue weighted by atomic mass is 10.0. The van der Waals surface area contributed by atoms with E-state index in [4.69, 9.17) is 0 Å². The van der Waals surface area contributed by atoms with E-state index >= 15 is 0 Å². The number of hydrogen-bond acceptors (Lipinski definition) is 5. The van der Waals surface area contributed by atoms with Gasteiger partial charge in [0.25, 0.3) is 0 Å². The zero-order valence-corrected chi connectivity index (χ0v) is 21.0. The van der Waals surface area contributed by atoms with Gasteiger partial charge in [-0.15, -0.1) is 5.10 Å². The first kappa shape index (κ1) is 23.2. The minimum absolute atomic E-state index is 0.0268. The zero-order chi connectivity index (χ0) is 24.6. The number of benzene rings is 2. The number of nitrogens with one attached hydrogen (secondary N) is 1. The fourth-order valence-corrected chi connectivity index (χ4v) is 5.35. The molecule has 0 radical (unpaired) electrons. The van der Waals surface area contributed by atoms with E-state index < -0.39 is 11.6 Å². The summed E-state index contributed by atoms with van der Waals surface area (Å²) < 4.78 is 1.60. The molecule has 2 heterocycles. The summed E-state index contributed by atoms with van der Waals surface area (Å²) in [5.74, 6) is -0.438. The Kier molecular flexibility index (Phi) is 6.15. The minimum atomic E-state index is -0.804. The number of thiophene rings is 1.